The average molecular weight is 541 g/mol. The molecule has 0 amide bonds. The molecule has 16 heteroatoms. The van der Waals surface area contributed by atoms with Crippen molar-refractivity contribution in [2.75, 3.05) is 34.0 Å². The van der Waals surface area contributed by atoms with Gasteiger partial charge in [0.2, 0.25) is 0 Å². The van der Waals surface area contributed by atoms with Crippen molar-refractivity contribution in [2.45, 2.75) is 101 Å². The van der Waals surface area contributed by atoms with Crippen LogP contribution in [-0.2, 0) is 47.3 Å². The summed E-state index contributed by atoms with van der Waals surface area (Å²) in [4.78, 5) is 15.4. The summed E-state index contributed by atoms with van der Waals surface area (Å²) in [7, 11) is 13.5. The molecule has 0 bridgehead atoms. The number of carbonyl (C=O) groups is 1. The van der Waals surface area contributed by atoms with Crippen LogP contribution in [0.2, 0.25) is 0 Å². The van der Waals surface area contributed by atoms with E-state index in [1.807, 2.05) is 13.8 Å². The van der Waals surface area contributed by atoms with Crippen LogP contribution in [0.15, 0.2) is 5.11 Å². The van der Waals surface area contributed by atoms with Gasteiger partial charge in [-0.05, 0) is 18.4 Å². The van der Waals surface area contributed by atoms with Gasteiger partial charge in [0, 0.05) is 25.2 Å². The Bertz CT molecular complexity index is 751. The van der Waals surface area contributed by atoms with E-state index in [0.717, 1.165) is 20.0 Å². The molecule has 38 heavy (non-hydrogen) atoms. The van der Waals surface area contributed by atoms with Gasteiger partial charge in [0.15, 0.2) is 18.7 Å². The highest BCUT2D eigenvalue weighted by molar-refractivity contribution is 5.98. The quantitative estimate of drug-likeness (QED) is 0.0726. The Kier molecular flexibility index (Phi) is 14.9. The van der Waals surface area contributed by atoms with Crippen LogP contribution in [0.25, 0.3) is 10.4 Å². The van der Waals surface area contributed by atoms with Crippen LogP contribution in [0.1, 0.15) is 39.5 Å². The van der Waals surface area contributed by atoms with Gasteiger partial charge in [0.05, 0.1) is 19.8 Å². The second-order valence-corrected chi connectivity index (χ2v) is 8.83. The zero-order valence-corrected chi connectivity index (χ0v) is 22.2. The fourth-order valence-corrected chi connectivity index (χ4v) is 4.32. The largest absolute Gasteiger partial charge is 0.467 e. The fourth-order valence-electron chi connectivity index (χ4n) is 4.32. The highest BCUT2D eigenvalue weighted by Gasteiger charge is 2.54. The summed E-state index contributed by atoms with van der Waals surface area (Å²) < 4.78 is 50.1. The van der Waals surface area contributed by atoms with Crippen molar-refractivity contribution in [3.63, 3.8) is 0 Å². The molecule has 0 aliphatic carbocycles. The lowest BCUT2D eigenvalue weighted by Gasteiger charge is -2.48. The lowest BCUT2D eigenvalue weighted by atomic mass is 9.95. The van der Waals surface area contributed by atoms with Crippen molar-refractivity contribution >= 4 is 22.1 Å². The molecule has 0 aromatic rings. The smallest absolute Gasteiger partial charge is 0.337 e. The van der Waals surface area contributed by atoms with Crippen LogP contribution in [-0.4, -0.2) is 123 Å². The molecule has 0 spiro atoms. The van der Waals surface area contributed by atoms with Crippen LogP contribution in [0.5, 0.6) is 0 Å². The maximum atomic E-state index is 12.5. The first-order chi connectivity index (χ1) is 18.4. The summed E-state index contributed by atoms with van der Waals surface area (Å²) in [5, 5.41) is 14.7. The summed E-state index contributed by atoms with van der Waals surface area (Å²) in [5.41, 5.74) is 9.22. The van der Waals surface area contributed by atoms with Crippen LogP contribution >= 0.6 is 0 Å². The minimum Gasteiger partial charge on any atom is -0.467 e. The van der Waals surface area contributed by atoms with E-state index in [4.69, 9.17) is 58.6 Å². The maximum Gasteiger partial charge on any atom is 0.337 e. The van der Waals surface area contributed by atoms with Gasteiger partial charge < -0.3 is 47.6 Å². The van der Waals surface area contributed by atoms with E-state index < -0.39 is 67.3 Å². The van der Waals surface area contributed by atoms with E-state index in [0.29, 0.717) is 19.4 Å². The molecule has 5 unspecified atom stereocenters. The number of aliphatic hydroxyl groups excluding tert-OH is 1. The van der Waals surface area contributed by atoms with Crippen molar-refractivity contribution in [3.8, 4) is 0 Å². The van der Waals surface area contributed by atoms with Crippen molar-refractivity contribution in [1.82, 2.24) is 0 Å². The minimum atomic E-state index is -1.48. The number of methoxy groups -OCH3 is 2. The molecule has 4 radical (unpaired) electrons. The molecule has 10 atom stereocenters. The van der Waals surface area contributed by atoms with Gasteiger partial charge in [0.1, 0.15) is 36.6 Å². The molecule has 1 N–H and O–H groups in total. The van der Waals surface area contributed by atoms with Crippen LogP contribution < -0.4 is 0 Å². The highest BCUT2D eigenvalue weighted by atomic mass is 16.7. The Hall–Kier alpha value is -1.45. The number of rotatable bonds is 16. The number of nitrogens with zero attached hydrogens (tertiary/aromatic N) is 3. The molecule has 0 aromatic heterocycles. The number of esters is 1. The zero-order valence-electron chi connectivity index (χ0n) is 22.2. The van der Waals surface area contributed by atoms with Crippen LogP contribution in [0.3, 0.4) is 0 Å². The SMILES string of the molecule is [B]OCC1O[C@H](OC)C(N=[N+]=[N-])C(OCCCC)[C@@H]1O[C@@H]1OC(C(=O)OC)[C@@H](O)C(OCCCC)[C@@H]1O[B]. The van der Waals surface area contributed by atoms with Gasteiger partial charge in [-0.25, -0.2) is 4.79 Å². The van der Waals surface area contributed by atoms with E-state index in [1.54, 1.807) is 0 Å². The first kappa shape index (κ1) is 32.8. The van der Waals surface area contributed by atoms with Gasteiger partial charge in [-0.2, -0.15) is 0 Å². The molecule has 212 valence electrons. The Morgan fingerprint density at radius 2 is 1.66 bits per heavy atom. The second-order valence-electron chi connectivity index (χ2n) is 8.83. The molecule has 2 saturated heterocycles. The third kappa shape index (κ3) is 8.28. The number of ether oxygens (including phenoxy) is 7. The van der Waals surface area contributed by atoms with E-state index in [1.165, 1.54) is 7.11 Å². The summed E-state index contributed by atoms with van der Waals surface area (Å²) in [5.74, 6) is -0.852. The van der Waals surface area contributed by atoms with E-state index in [9.17, 15) is 15.4 Å². The topological polar surface area (TPSA) is 169 Å². The number of aliphatic hydroxyl groups is 1. The summed E-state index contributed by atoms with van der Waals surface area (Å²) in [6.45, 7) is 4.36. The van der Waals surface area contributed by atoms with Crippen molar-refractivity contribution in [1.29, 1.82) is 0 Å². The molecule has 0 aromatic carbocycles. The third-order valence-corrected chi connectivity index (χ3v) is 6.31. The lowest BCUT2D eigenvalue weighted by molar-refractivity contribution is -0.343. The summed E-state index contributed by atoms with van der Waals surface area (Å²) in [6, 6.07) is -0.972. The van der Waals surface area contributed by atoms with E-state index in [2.05, 4.69) is 10.0 Å². The highest BCUT2D eigenvalue weighted by Crippen LogP contribution is 2.34. The summed E-state index contributed by atoms with van der Waals surface area (Å²) >= 11 is 0. The Labute approximate surface area is 225 Å². The van der Waals surface area contributed by atoms with Gasteiger partial charge in [-0.1, -0.05) is 31.8 Å². The second kappa shape index (κ2) is 17.3. The molecule has 2 heterocycles. The average Bonchev–Trinajstić information content (AvgIpc) is 2.92. The number of azide groups is 1. The van der Waals surface area contributed by atoms with Gasteiger partial charge >= 0.3 is 5.97 Å². The predicted molar refractivity (Wildman–Crippen MR) is 132 cm³/mol. The molecule has 2 aliphatic rings. The third-order valence-electron chi connectivity index (χ3n) is 6.31. The standard InChI is InChI=1S/C22H37B2N3O11/c1-5-7-9-32-16-13(26-27-25)21(31-4)35-12(11-34-23)15(16)36-22-19(38-24)17(33-10-8-6-2)14(28)18(37-22)20(29)30-3/h12-19,21-22,28H,5-11H2,1-4H3/t12?,13?,14-,15+,16?,17?,18?,19-,21-,22+/m0/s1. The van der Waals surface area contributed by atoms with Crippen molar-refractivity contribution < 1.29 is 52.4 Å². The zero-order chi connectivity index (χ0) is 28.1. The first-order valence-corrected chi connectivity index (χ1v) is 12.6. The van der Waals surface area contributed by atoms with Gasteiger partial charge in [-0.3, -0.25) is 0 Å². The Balaban J connectivity index is 2.45. The molecule has 14 nitrogen and oxygen atoms in total. The minimum absolute atomic E-state index is 0.165. The number of unbranched alkanes of at least 4 members (excludes halogenated alkanes) is 2. The van der Waals surface area contributed by atoms with Crippen molar-refractivity contribution in [3.05, 3.63) is 10.4 Å². The monoisotopic (exact) mass is 541 g/mol. The van der Waals surface area contributed by atoms with E-state index in [-0.39, 0.29) is 13.2 Å². The van der Waals surface area contributed by atoms with Crippen molar-refractivity contribution in [2.24, 2.45) is 5.11 Å². The number of hydrogen-bond acceptors (Lipinski definition) is 12. The van der Waals surface area contributed by atoms with Crippen LogP contribution in [0, 0.1) is 0 Å². The fraction of sp³-hybridized carbons (Fsp3) is 0.955. The number of carbonyl (C=O) groups excluding carboxylic acids is 1. The van der Waals surface area contributed by atoms with E-state index >= 15 is 0 Å². The maximum absolute atomic E-state index is 12.5. The van der Waals surface area contributed by atoms with Crippen LogP contribution in [0.4, 0.5) is 0 Å². The Morgan fingerprint density at radius 3 is 2.18 bits per heavy atom. The van der Waals surface area contributed by atoms with Gasteiger partial charge in [0.25, 0.3) is 16.1 Å². The summed E-state index contributed by atoms with van der Waals surface area (Å²) in [6.07, 6.45) is -7.41. The van der Waals surface area contributed by atoms with Gasteiger partial charge in [-0.15, -0.1) is 0 Å². The molecule has 2 aliphatic heterocycles. The number of hydrogen-bond donors (Lipinski definition) is 1. The lowest BCUT2D eigenvalue weighted by Crippen LogP contribution is -2.66. The Morgan fingerprint density at radius 1 is 1.00 bits per heavy atom. The molecule has 2 fully saturated rings. The molecular weight excluding hydrogens is 504 g/mol. The first-order valence-electron chi connectivity index (χ1n) is 12.6. The predicted octanol–water partition coefficient (Wildman–Crippen LogP) is 0.620. The normalized spacial score (nSPS) is 35.4. The molecule has 0 saturated carbocycles. The molecular formula is C22H37B2N3O11. The molecule has 2 rings (SSSR count).